The lowest BCUT2D eigenvalue weighted by Crippen LogP contribution is -2.43. The molecule has 0 spiro atoms. The van der Waals surface area contributed by atoms with Crippen LogP contribution in [0.3, 0.4) is 0 Å². The lowest BCUT2D eigenvalue weighted by Gasteiger charge is -2.25. The number of Topliss-reactive ketones (excluding diaryl/α,β-unsaturated/α-hetero) is 1. The van der Waals surface area contributed by atoms with Crippen LogP contribution in [0.2, 0.25) is 4.34 Å². The fourth-order valence-electron chi connectivity index (χ4n) is 3.21. The number of hydrogen-bond acceptors (Lipinski definition) is 5. The number of carbonyl (C=O) groups excluding carboxylic acids is 3. The van der Waals surface area contributed by atoms with Crippen LogP contribution in [0, 0.1) is 0 Å². The molecule has 3 rings (SSSR count). The number of ether oxygens (including phenoxy) is 1. The Bertz CT molecular complexity index is 878. The summed E-state index contributed by atoms with van der Waals surface area (Å²) in [6, 6.07) is 11.0. The average molecular weight is 406 g/mol. The molecular weight excluding hydrogens is 386 g/mol. The lowest BCUT2D eigenvalue weighted by molar-refractivity contribution is -0.153. The first-order chi connectivity index (χ1) is 12.9. The molecule has 7 heteroatoms. The van der Waals surface area contributed by atoms with Crippen molar-refractivity contribution in [2.75, 3.05) is 4.90 Å². The van der Waals surface area contributed by atoms with Gasteiger partial charge < -0.3 is 9.64 Å². The van der Waals surface area contributed by atoms with Crippen molar-refractivity contribution < 1.29 is 19.1 Å². The van der Waals surface area contributed by atoms with E-state index in [2.05, 4.69) is 0 Å². The summed E-state index contributed by atoms with van der Waals surface area (Å²) >= 11 is 6.99. The summed E-state index contributed by atoms with van der Waals surface area (Å²) in [7, 11) is 0. The number of hydrogen-bond donors (Lipinski definition) is 0. The van der Waals surface area contributed by atoms with Crippen molar-refractivity contribution in [3.63, 3.8) is 0 Å². The Morgan fingerprint density at radius 3 is 2.67 bits per heavy atom. The van der Waals surface area contributed by atoms with Crippen molar-refractivity contribution in [2.24, 2.45) is 0 Å². The Kier molecular flexibility index (Phi) is 5.97. The first kappa shape index (κ1) is 19.6. The van der Waals surface area contributed by atoms with E-state index < -0.39 is 12.1 Å². The lowest BCUT2D eigenvalue weighted by atomic mass is 10.1. The standard InChI is InChI=1S/C20H20ClNO4S/c1-12-11-14-5-3-4-6-15(14)22(12)20(25)13(2)26-19(24)10-7-16(23)17-8-9-18(21)27-17/h3-6,8-9,12-13H,7,10-11H2,1-2H3/t12-,13+/m1/s1. The second-order valence-corrected chi connectivity index (χ2v) is 8.26. The topological polar surface area (TPSA) is 63.7 Å². The molecular formula is C20H20ClNO4S. The minimum Gasteiger partial charge on any atom is -0.453 e. The largest absolute Gasteiger partial charge is 0.453 e. The highest BCUT2D eigenvalue weighted by atomic mass is 35.5. The summed E-state index contributed by atoms with van der Waals surface area (Å²) in [5, 5.41) is 0. The van der Waals surface area contributed by atoms with Gasteiger partial charge >= 0.3 is 5.97 Å². The molecule has 1 aliphatic rings. The highest BCUT2D eigenvalue weighted by Gasteiger charge is 2.34. The number of para-hydroxylation sites is 1. The second-order valence-electron chi connectivity index (χ2n) is 6.55. The van der Waals surface area contributed by atoms with E-state index in [1.165, 1.54) is 11.3 Å². The minimum absolute atomic E-state index is 0.0150. The van der Waals surface area contributed by atoms with E-state index in [0.29, 0.717) is 9.21 Å². The molecule has 0 radical (unpaired) electrons. The molecule has 0 unspecified atom stereocenters. The van der Waals surface area contributed by atoms with Gasteiger partial charge in [-0.1, -0.05) is 29.8 Å². The number of benzene rings is 1. The molecule has 0 saturated heterocycles. The van der Waals surface area contributed by atoms with Gasteiger partial charge in [0.2, 0.25) is 0 Å². The van der Waals surface area contributed by atoms with E-state index in [0.717, 1.165) is 17.7 Å². The summed E-state index contributed by atoms with van der Waals surface area (Å²) in [5.74, 6) is -0.978. The van der Waals surface area contributed by atoms with E-state index in [1.807, 2.05) is 31.2 Å². The van der Waals surface area contributed by atoms with Gasteiger partial charge in [0.05, 0.1) is 15.6 Å². The molecule has 2 atom stereocenters. The molecule has 27 heavy (non-hydrogen) atoms. The van der Waals surface area contributed by atoms with Gasteiger partial charge in [0.25, 0.3) is 5.91 Å². The number of esters is 1. The van der Waals surface area contributed by atoms with E-state index in [1.54, 1.807) is 24.0 Å². The molecule has 0 bridgehead atoms. The van der Waals surface area contributed by atoms with Crippen LogP contribution in [-0.2, 0) is 20.7 Å². The molecule has 1 aliphatic heterocycles. The van der Waals surface area contributed by atoms with Crippen LogP contribution in [-0.4, -0.2) is 29.8 Å². The van der Waals surface area contributed by atoms with Crippen molar-refractivity contribution in [1.29, 1.82) is 0 Å². The first-order valence-electron chi connectivity index (χ1n) is 8.76. The third-order valence-corrected chi connectivity index (χ3v) is 5.78. The number of rotatable bonds is 6. The molecule has 2 aromatic rings. The number of halogens is 1. The van der Waals surface area contributed by atoms with Gasteiger partial charge in [-0.25, -0.2) is 0 Å². The zero-order valence-corrected chi connectivity index (χ0v) is 16.7. The minimum atomic E-state index is -0.905. The third-order valence-electron chi connectivity index (χ3n) is 4.50. The summed E-state index contributed by atoms with van der Waals surface area (Å²) in [6.45, 7) is 3.53. The molecule has 2 heterocycles. The first-order valence-corrected chi connectivity index (χ1v) is 9.95. The van der Waals surface area contributed by atoms with Gasteiger partial charge in [0.1, 0.15) is 0 Å². The predicted molar refractivity (Wildman–Crippen MR) is 106 cm³/mol. The van der Waals surface area contributed by atoms with Crippen LogP contribution >= 0.6 is 22.9 Å². The van der Waals surface area contributed by atoms with Gasteiger partial charge in [-0.2, -0.15) is 0 Å². The molecule has 1 amide bonds. The number of nitrogens with zero attached hydrogens (tertiary/aromatic N) is 1. The van der Waals surface area contributed by atoms with Crippen LogP contribution in [0.15, 0.2) is 36.4 Å². The Hall–Kier alpha value is -2.18. The van der Waals surface area contributed by atoms with Crippen LogP contribution in [0.1, 0.15) is 41.9 Å². The van der Waals surface area contributed by atoms with Crippen LogP contribution in [0.4, 0.5) is 5.69 Å². The summed E-state index contributed by atoms with van der Waals surface area (Å²) in [5.41, 5.74) is 1.97. The highest BCUT2D eigenvalue weighted by Crippen LogP contribution is 2.32. The number of thiophene rings is 1. The maximum Gasteiger partial charge on any atom is 0.307 e. The molecule has 142 valence electrons. The molecule has 1 aromatic heterocycles. The van der Waals surface area contributed by atoms with Gasteiger partial charge in [-0.05, 0) is 44.0 Å². The van der Waals surface area contributed by atoms with Gasteiger partial charge in [0.15, 0.2) is 11.9 Å². The number of carbonyl (C=O) groups is 3. The molecule has 1 aromatic carbocycles. The molecule has 0 N–H and O–H groups in total. The maximum atomic E-state index is 12.8. The fourth-order valence-corrected chi connectivity index (χ4v) is 4.22. The highest BCUT2D eigenvalue weighted by molar-refractivity contribution is 7.18. The van der Waals surface area contributed by atoms with E-state index in [4.69, 9.17) is 16.3 Å². The number of anilines is 1. The Morgan fingerprint density at radius 1 is 1.22 bits per heavy atom. The summed E-state index contributed by atoms with van der Waals surface area (Å²) in [6.07, 6.45) is -0.171. The Morgan fingerprint density at radius 2 is 1.96 bits per heavy atom. The zero-order valence-electron chi connectivity index (χ0n) is 15.1. The van der Waals surface area contributed by atoms with Crippen molar-refractivity contribution in [2.45, 2.75) is 45.3 Å². The molecule has 5 nitrogen and oxygen atoms in total. The summed E-state index contributed by atoms with van der Waals surface area (Å²) < 4.78 is 5.80. The van der Waals surface area contributed by atoms with Crippen molar-refractivity contribution >= 4 is 46.3 Å². The van der Waals surface area contributed by atoms with Crippen LogP contribution < -0.4 is 4.90 Å². The molecule has 0 fully saturated rings. The summed E-state index contributed by atoms with van der Waals surface area (Å²) in [4.78, 5) is 39.1. The smallest absolute Gasteiger partial charge is 0.307 e. The number of fused-ring (bicyclic) bond motifs is 1. The third kappa shape index (κ3) is 4.39. The monoisotopic (exact) mass is 405 g/mol. The average Bonchev–Trinajstić information content (AvgIpc) is 3.21. The predicted octanol–water partition coefficient (Wildman–Crippen LogP) is 4.27. The number of ketones is 1. The quantitative estimate of drug-likeness (QED) is 0.531. The normalized spacial score (nSPS) is 16.7. The van der Waals surface area contributed by atoms with Crippen LogP contribution in [0.5, 0.6) is 0 Å². The van der Waals surface area contributed by atoms with Gasteiger partial charge in [-0.15, -0.1) is 11.3 Å². The zero-order chi connectivity index (χ0) is 19.6. The molecule has 0 saturated carbocycles. The van der Waals surface area contributed by atoms with E-state index >= 15 is 0 Å². The maximum absolute atomic E-state index is 12.8. The number of amides is 1. The van der Waals surface area contributed by atoms with Gasteiger partial charge in [-0.3, -0.25) is 14.4 Å². The fraction of sp³-hybridized carbons (Fsp3) is 0.350. The van der Waals surface area contributed by atoms with Gasteiger partial charge in [0, 0.05) is 18.2 Å². The molecule has 0 aliphatic carbocycles. The van der Waals surface area contributed by atoms with Crippen LogP contribution in [0.25, 0.3) is 0 Å². The Labute approximate surface area is 166 Å². The second kappa shape index (κ2) is 8.23. The van der Waals surface area contributed by atoms with E-state index in [-0.39, 0.29) is 30.6 Å². The van der Waals surface area contributed by atoms with E-state index in [9.17, 15) is 14.4 Å². The Balaban J connectivity index is 1.55. The van der Waals surface area contributed by atoms with Crippen molar-refractivity contribution in [1.82, 2.24) is 0 Å². The van der Waals surface area contributed by atoms with Crippen molar-refractivity contribution in [3.05, 3.63) is 51.2 Å². The van der Waals surface area contributed by atoms with Crippen molar-refractivity contribution in [3.8, 4) is 0 Å². The SMILES string of the molecule is C[C@H](OC(=O)CCC(=O)c1ccc(Cl)s1)C(=O)N1c2ccccc2C[C@H]1C.